The molecule has 2 heterocycles. The number of hydrogen-bond donors (Lipinski definition) is 0. The molecule has 0 spiro atoms. The van der Waals surface area contributed by atoms with Gasteiger partial charge in [-0.3, -0.25) is 0 Å². The first kappa shape index (κ1) is 41.3. The van der Waals surface area contributed by atoms with Gasteiger partial charge in [0.25, 0.3) is 0 Å². The average molecular weight is 753 g/mol. The molecule has 0 radical (unpaired) electrons. The molecule has 6 nitrogen and oxygen atoms in total. The molecule has 6 fully saturated rings. The maximum absolute atomic E-state index is 7.08. The van der Waals surface area contributed by atoms with E-state index in [2.05, 4.69) is 90.0 Å². The molecule has 4 aliphatic carbocycles. The predicted octanol–water partition coefficient (Wildman–Crippen LogP) is 12.8. The van der Waals surface area contributed by atoms with Gasteiger partial charge in [-0.2, -0.15) is 0 Å². The second kappa shape index (κ2) is 16.6. The average Bonchev–Trinajstić information content (AvgIpc) is 3.31. The minimum Gasteiger partial charge on any atom is -0.312 e. The first-order valence-electron chi connectivity index (χ1n) is 21.5. The highest BCUT2D eigenvalue weighted by Gasteiger charge is 2.57. The van der Waals surface area contributed by atoms with Crippen molar-refractivity contribution in [3.05, 3.63) is 0 Å². The Morgan fingerprint density at radius 3 is 1.53 bits per heavy atom. The van der Waals surface area contributed by atoms with Crippen LogP contribution in [0.1, 0.15) is 148 Å². The largest absolute Gasteiger partial charge is 0.333 e. The molecule has 296 valence electrons. The highest BCUT2D eigenvalue weighted by molar-refractivity contribution is 7.42. The zero-order chi connectivity index (χ0) is 37.0. The Balaban J connectivity index is 1.07. The first-order valence-corrected chi connectivity index (χ1v) is 23.7. The zero-order valence-corrected chi connectivity index (χ0v) is 36.7. The summed E-state index contributed by atoms with van der Waals surface area (Å²) in [5.41, 5.74) is 0.373. The molecule has 0 N–H and O–H groups in total. The van der Waals surface area contributed by atoms with Gasteiger partial charge < -0.3 is 27.1 Å². The fraction of sp³-hybridized carbons (Fsp3) is 1.00. The van der Waals surface area contributed by atoms with E-state index in [-0.39, 0.29) is 35.2 Å². The van der Waals surface area contributed by atoms with Crippen molar-refractivity contribution in [2.45, 2.75) is 172 Å². The van der Waals surface area contributed by atoms with E-state index in [0.717, 1.165) is 43.4 Å². The van der Waals surface area contributed by atoms with Crippen LogP contribution in [0.3, 0.4) is 0 Å². The van der Waals surface area contributed by atoms with Gasteiger partial charge in [0.1, 0.15) is 0 Å². The first-order chi connectivity index (χ1) is 24.0. The maximum Gasteiger partial charge on any atom is 0.333 e. The monoisotopic (exact) mass is 753 g/mol. The van der Waals surface area contributed by atoms with Crippen LogP contribution in [0.25, 0.3) is 0 Å². The smallest absolute Gasteiger partial charge is 0.312 e. The van der Waals surface area contributed by atoms with Crippen LogP contribution >= 0.6 is 17.2 Å². The topological polar surface area (TPSA) is 55.4 Å². The van der Waals surface area contributed by atoms with Crippen LogP contribution in [0, 0.1) is 87.8 Å². The highest BCUT2D eigenvalue weighted by atomic mass is 31.2. The van der Waals surface area contributed by atoms with E-state index in [9.17, 15) is 0 Å². The predicted molar refractivity (Wildman–Crippen MR) is 211 cm³/mol. The summed E-state index contributed by atoms with van der Waals surface area (Å²) in [4.78, 5) is 0. The Kier molecular flexibility index (Phi) is 13.4. The van der Waals surface area contributed by atoms with Gasteiger partial charge in [-0.15, -0.1) is 0 Å². The minimum atomic E-state index is -1.39. The second-order valence-corrected chi connectivity index (χ2v) is 23.3. The van der Waals surface area contributed by atoms with Gasteiger partial charge in [0.2, 0.25) is 0 Å². The van der Waals surface area contributed by atoms with Crippen LogP contribution < -0.4 is 0 Å². The molecule has 51 heavy (non-hydrogen) atoms. The lowest BCUT2D eigenvalue weighted by molar-refractivity contribution is -0.0997. The van der Waals surface area contributed by atoms with Crippen LogP contribution in [0.15, 0.2) is 0 Å². The van der Waals surface area contributed by atoms with E-state index in [1.807, 2.05) is 0 Å². The molecule has 12 unspecified atom stereocenters. The summed E-state index contributed by atoms with van der Waals surface area (Å²) < 4.78 is 41.0. The van der Waals surface area contributed by atoms with E-state index >= 15 is 0 Å². The third-order valence-electron chi connectivity index (χ3n) is 15.7. The van der Waals surface area contributed by atoms with Gasteiger partial charge >= 0.3 is 17.2 Å². The molecule has 0 aromatic rings. The van der Waals surface area contributed by atoms with Crippen molar-refractivity contribution >= 4 is 17.2 Å². The van der Waals surface area contributed by atoms with Crippen molar-refractivity contribution < 1.29 is 27.1 Å². The normalized spacial score (nSPS) is 49.5. The van der Waals surface area contributed by atoms with Gasteiger partial charge in [-0.25, -0.2) is 0 Å². The quantitative estimate of drug-likeness (QED) is 0.191. The van der Waals surface area contributed by atoms with E-state index in [0.29, 0.717) is 72.4 Å². The van der Waals surface area contributed by atoms with E-state index in [1.54, 1.807) is 0 Å². The van der Waals surface area contributed by atoms with Crippen molar-refractivity contribution in [1.82, 2.24) is 0 Å². The van der Waals surface area contributed by atoms with E-state index < -0.39 is 17.2 Å². The SMILES string of the molecule is CC1C[C@@H](C(C)(C)C)C2OP(OCCCCOP3OC4CCC(C)C(C)[C@@H]4[C@@H]4C[C@H](C)CC(C(C)(C)C)C4O3)OC3CCC(C)[C@@H](C)[C@H]3[C@H]2C1C. The lowest BCUT2D eigenvalue weighted by Gasteiger charge is -2.53. The Morgan fingerprint density at radius 1 is 0.510 bits per heavy atom. The van der Waals surface area contributed by atoms with Gasteiger partial charge in [0.05, 0.1) is 37.6 Å². The van der Waals surface area contributed by atoms with Crippen molar-refractivity contribution in [3.63, 3.8) is 0 Å². The van der Waals surface area contributed by atoms with Gasteiger partial charge in [0.15, 0.2) is 0 Å². The Hall–Kier alpha value is 0.620. The highest BCUT2D eigenvalue weighted by Crippen LogP contribution is 2.63. The standard InChI is InChI=1S/C43H78O6P2/c1-25-22-32-37-29(5)26(2)16-18-35(37)46-50(48-40(32)33(23-25)42(8,9)10)44-20-14-15-21-45-51-47-36-19-17-27(3)30(6)38(36)39-31(7)28(4)24-34(41(39)49-51)43(11,12)13/h25-41H,14-24H2,1-13H3/t25-,26?,27?,28?,29?,30+,31?,32-,33?,34+,35?,36?,37+,38+,39+,40?,41?,50?,51?/m0/s1. The molecule has 8 heteroatoms. The molecule has 2 saturated heterocycles. The molecular formula is C43H78O6P2. The van der Waals surface area contributed by atoms with E-state index in [1.165, 1.54) is 32.1 Å². The summed E-state index contributed by atoms with van der Waals surface area (Å²) in [6.07, 6.45) is 11.1. The number of unbranched alkanes of at least 4 members (excludes halogenated alkanes) is 1. The van der Waals surface area contributed by atoms with Crippen LogP contribution in [0.5, 0.6) is 0 Å². The molecule has 19 atom stereocenters. The summed E-state index contributed by atoms with van der Waals surface area (Å²) in [5.74, 6) is 7.98. The Bertz CT molecular complexity index is 1120. The van der Waals surface area contributed by atoms with Crippen molar-refractivity contribution in [1.29, 1.82) is 0 Å². The minimum absolute atomic E-state index is 0.180. The third kappa shape index (κ3) is 8.95. The summed E-state index contributed by atoms with van der Waals surface area (Å²) in [7, 11) is -2.77. The van der Waals surface area contributed by atoms with Crippen molar-refractivity contribution in [2.24, 2.45) is 87.8 Å². The summed E-state index contributed by atoms with van der Waals surface area (Å²) in [6.45, 7) is 33.1. The van der Waals surface area contributed by atoms with Crippen molar-refractivity contribution in [2.75, 3.05) is 13.2 Å². The number of hydrogen-bond acceptors (Lipinski definition) is 6. The lowest BCUT2D eigenvalue weighted by atomic mass is 9.53. The summed E-state index contributed by atoms with van der Waals surface area (Å²) >= 11 is 0. The van der Waals surface area contributed by atoms with Gasteiger partial charge in [0, 0.05) is 0 Å². The second-order valence-electron chi connectivity index (χ2n) is 21.1. The van der Waals surface area contributed by atoms with E-state index in [4.69, 9.17) is 27.1 Å². The molecule has 2 aliphatic heterocycles. The maximum atomic E-state index is 7.08. The summed E-state index contributed by atoms with van der Waals surface area (Å²) in [5, 5.41) is 0. The molecule has 0 amide bonds. The third-order valence-corrected chi connectivity index (χ3v) is 18.2. The molecule has 0 aromatic heterocycles. The Morgan fingerprint density at radius 2 is 0.980 bits per heavy atom. The van der Waals surface area contributed by atoms with Crippen molar-refractivity contribution in [3.8, 4) is 0 Å². The lowest BCUT2D eigenvalue weighted by Crippen LogP contribution is -2.53. The molecular weight excluding hydrogens is 674 g/mol. The summed E-state index contributed by atoms with van der Waals surface area (Å²) in [6, 6.07) is 0. The van der Waals surface area contributed by atoms with Gasteiger partial charge in [-0.05, 0) is 146 Å². The fourth-order valence-electron chi connectivity index (χ4n) is 12.0. The van der Waals surface area contributed by atoms with Crippen LogP contribution in [-0.2, 0) is 27.1 Å². The number of rotatable bonds is 7. The molecule has 0 aromatic carbocycles. The number of fused-ring (bicyclic) bond motifs is 6. The zero-order valence-electron chi connectivity index (χ0n) is 34.9. The Labute approximate surface area is 316 Å². The molecule has 0 bridgehead atoms. The van der Waals surface area contributed by atoms with Crippen LogP contribution in [0.4, 0.5) is 0 Å². The van der Waals surface area contributed by atoms with Gasteiger partial charge in [-0.1, -0.05) is 90.0 Å². The van der Waals surface area contributed by atoms with Crippen LogP contribution in [0.2, 0.25) is 0 Å². The fourth-order valence-corrected chi connectivity index (χ4v) is 14.8. The molecule has 4 saturated carbocycles. The molecule has 6 aliphatic rings. The van der Waals surface area contributed by atoms with Crippen LogP contribution in [-0.4, -0.2) is 37.6 Å². The molecule has 6 rings (SSSR count).